The van der Waals surface area contributed by atoms with Gasteiger partial charge < -0.3 is 10.8 Å². The van der Waals surface area contributed by atoms with Crippen LogP contribution in [0.1, 0.15) is 24.9 Å². The number of aliphatic hydroxyl groups is 1. The molecule has 0 spiro atoms. The van der Waals surface area contributed by atoms with Gasteiger partial charge in [0.1, 0.15) is 0 Å². The van der Waals surface area contributed by atoms with Crippen molar-refractivity contribution in [2.75, 3.05) is 12.4 Å². The molecule has 1 rings (SSSR count). The van der Waals surface area contributed by atoms with E-state index in [1.807, 2.05) is 19.1 Å². The lowest BCUT2D eigenvalue weighted by Gasteiger charge is -2.11. The third kappa shape index (κ3) is 3.33. The van der Waals surface area contributed by atoms with Crippen molar-refractivity contribution in [3.05, 3.63) is 29.8 Å². The molecule has 0 aliphatic heterocycles. The molecule has 0 aromatic heterocycles. The number of nitrogens with two attached hydrogens (primary N) is 1. The van der Waals surface area contributed by atoms with Crippen molar-refractivity contribution in [1.29, 1.82) is 0 Å². The average molecular weight is 211 g/mol. The van der Waals surface area contributed by atoms with Crippen molar-refractivity contribution in [3.8, 4) is 0 Å². The second-order valence-corrected chi connectivity index (χ2v) is 4.39. The highest BCUT2D eigenvalue weighted by Gasteiger charge is 2.05. The van der Waals surface area contributed by atoms with Crippen LogP contribution >= 0.6 is 11.8 Å². The van der Waals surface area contributed by atoms with Crippen LogP contribution in [0, 0.1) is 0 Å². The summed E-state index contributed by atoms with van der Waals surface area (Å²) in [4.78, 5) is 1.23. The second-order valence-electron chi connectivity index (χ2n) is 3.25. The van der Waals surface area contributed by atoms with E-state index in [9.17, 15) is 0 Å². The Bertz CT molecular complexity index is 276. The lowest BCUT2D eigenvalue weighted by atomic mass is 10.1. The SMILES string of the molecule is C[C@H](N)c1ccccc1SCCCO. The summed E-state index contributed by atoms with van der Waals surface area (Å²) < 4.78 is 0. The van der Waals surface area contributed by atoms with E-state index in [1.54, 1.807) is 11.8 Å². The summed E-state index contributed by atoms with van der Waals surface area (Å²) in [7, 11) is 0. The fraction of sp³-hybridized carbons (Fsp3) is 0.455. The zero-order valence-electron chi connectivity index (χ0n) is 8.44. The Labute approximate surface area is 89.5 Å². The molecule has 0 aliphatic carbocycles. The third-order valence-corrected chi connectivity index (χ3v) is 3.15. The summed E-state index contributed by atoms with van der Waals surface area (Å²) in [5.74, 6) is 0.945. The summed E-state index contributed by atoms with van der Waals surface area (Å²) in [6, 6.07) is 8.25. The van der Waals surface area contributed by atoms with Crippen LogP contribution in [0.4, 0.5) is 0 Å². The van der Waals surface area contributed by atoms with E-state index in [0.29, 0.717) is 0 Å². The summed E-state index contributed by atoms with van der Waals surface area (Å²) in [6.45, 7) is 2.25. The lowest BCUT2D eigenvalue weighted by Crippen LogP contribution is -2.06. The maximum atomic E-state index is 8.68. The average Bonchev–Trinajstić information content (AvgIpc) is 2.19. The standard InChI is InChI=1S/C11H17NOS/c1-9(12)10-5-2-3-6-11(10)14-8-4-7-13/h2-3,5-6,9,13H,4,7-8,12H2,1H3/t9-/m0/s1. The molecule has 0 heterocycles. The number of hydrogen-bond donors (Lipinski definition) is 2. The predicted molar refractivity (Wildman–Crippen MR) is 61.5 cm³/mol. The molecule has 0 radical (unpaired) electrons. The van der Waals surface area contributed by atoms with E-state index in [-0.39, 0.29) is 12.6 Å². The highest BCUT2D eigenvalue weighted by atomic mass is 32.2. The largest absolute Gasteiger partial charge is 0.396 e. The van der Waals surface area contributed by atoms with Crippen molar-refractivity contribution in [2.45, 2.75) is 24.3 Å². The van der Waals surface area contributed by atoms with Crippen LogP contribution in [-0.2, 0) is 0 Å². The maximum absolute atomic E-state index is 8.68. The minimum Gasteiger partial charge on any atom is -0.396 e. The molecule has 3 heteroatoms. The van der Waals surface area contributed by atoms with Gasteiger partial charge in [-0.1, -0.05) is 18.2 Å². The predicted octanol–water partition coefficient (Wildman–Crippen LogP) is 2.18. The number of aliphatic hydroxyl groups excluding tert-OH is 1. The van der Waals surface area contributed by atoms with E-state index in [2.05, 4.69) is 12.1 Å². The van der Waals surface area contributed by atoms with Gasteiger partial charge in [-0.3, -0.25) is 0 Å². The molecule has 0 saturated heterocycles. The van der Waals surface area contributed by atoms with Gasteiger partial charge in [-0.2, -0.15) is 0 Å². The van der Waals surface area contributed by atoms with Crippen molar-refractivity contribution in [2.24, 2.45) is 5.73 Å². The molecule has 0 saturated carbocycles. The number of thioether (sulfide) groups is 1. The molecule has 78 valence electrons. The Hall–Kier alpha value is -0.510. The third-order valence-electron chi connectivity index (χ3n) is 1.97. The molecular formula is C11H17NOS. The number of benzene rings is 1. The van der Waals surface area contributed by atoms with Crippen LogP contribution < -0.4 is 5.73 Å². The molecule has 0 aliphatic rings. The molecule has 0 fully saturated rings. The first-order valence-electron chi connectivity index (χ1n) is 4.84. The molecule has 1 aromatic rings. The highest BCUT2D eigenvalue weighted by Crippen LogP contribution is 2.26. The first kappa shape index (κ1) is 11.6. The maximum Gasteiger partial charge on any atom is 0.0439 e. The van der Waals surface area contributed by atoms with E-state index in [0.717, 1.165) is 12.2 Å². The fourth-order valence-electron chi connectivity index (χ4n) is 1.23. The molecule has 0 bridgehead atoms. The Balaban J connectivity index is 2.64. The number of hydrogen-bond acceptors (Lipinski definition) is 3. The normalized spacial score (nSPS) is 12.8. The van der Waals surface area contributed by atoms with E-state index < -0.39 is 0 Å². The zero-order valence-corrected chi connectivity index (χ0v) is 9.26. The minimum atomic E-state index is 0.0767. The van der Waals surface area contributed by atoms with Crippen LogP contribution in [0.3, 0.4) is 0 Å². The monoisotopic (exact) mass is 211 g/mol. The van der Waals surface area contributed by atoms with Gasteiger partial charge in [0, 0.05) is 23.3 Å². The van der Waals surface area contributed by atoms with Gasteiger partial charge in [-0.15, -0.1) is 11.8 Å². The van der Waals surface area contributed by atoms with Crippen LogP contribution in [0.25, 0.3) is 0 Å². The Morgan fingerprint density at radius 2 is 2.14 bits per heavy atom. The second kappa shape index (κ2) is 6.06. The van der Waals surface area contributed by atoms with Crippen LogP contribution in [0.5, 0.6) is 0 Å². The summed E-state index contributed by atoms with van der Waals surface area (Å²) >= 11 is 1.76. The molecule has 0 amide bonds. The molecule has 3 N–H and O–H groups in total. The Kier molecular flexibility index (Phi) is 5.01. The first-order valence-corrected chi connectivity index (χ1v) is 5.82. The van der Waals surface area contributed by atoms with Crippen molar-refractivity contribution < 1.29 is 5.11 Å². The summed E-state index contributed by atoms with van der Waals surface area (Å²) in [5, 5.41) is 8.68. The Morgan fingerprint density at radius 1 is 1.43 bits per heavy atom. The Morgan fingerprint density at radius 3 is 2.79 bits per heavy atom. The zero-order chi connectivity index (χ0) is 10.4. The summed E-state index contributed by atoms with van der Waals surface area (Å²) in [5.41, 5.74) is 7.05. The molecule has 1 aromatic carbocycles. The van der Waals surface area contributed by atoms with Crippen molar-refractivity contribution in [1.82, 2.24) is 0 Å². The van der Waals surface area contributed by atoms with Crippen LogP contribution in [-0.4, -0.2) is 17.5 Å². The smallest absolute Gasteiger partial charge is 0.0439 e. The van der Waals surface area contributed by atoms with Gasteiger partial charge in [-0.25, -0.2) is 0 Å². The van der Waals surface area contributed by atoms with Gasteiger partial charge >= 0.3 is 0 Å². The van der Waals surface area contributed by atoms with Gasteiger partial charge in [0.15, 0.2) is 0 Å². The van der Waals surface area contributed by atoms with Gasteiger partial charge in [0.05, 0.1) is 0 Å². The van der Waals surface area contributed by atoms with Crippen LogP contribution in [0.2, 0.25) is 0 Å². The fourth-order valence-corrected chi connectivity index (χ4v) is 2.32. The lowest BCUT2D eigenvalue weighted by molar-refractivity contribution is 0.296. The van der Waals surface area contributed by atoms with Gasteiger partial charge in [-0.05, 0) is 25.0 Å². The quantitative estimate of drug-likeness (QED) is 0.579. The number of rotatable bonds is 5. The highest BCUT2D eigenvalue weighted by molar-refractivity contribution is 7.99. The van der Waals surface area contributed by atoms with Crippen molar-refractivity contribution in [3.63, 3.8) is 0 Å². The van der Waals surface area contributed by atoms with Gasteiger partial charge in [0.25, 0.3) is 0 Å². The van der Waals surface area contributed by atoms with Gasteiger partial charge in [0.2, 0.25) is 0 Å². The molecule has 14 heavy (non-hydrogen) atoms. The minimum absolute atomic E-state index is 0.0767. The summed E-state index contributed by atoms with van der Waals surface area (Å²) in [6.07, 6.45) is 0.831. The molecule has 2 nitrogen and oxygen atoms in total. The van der Waals surface area contributed by atoms with E-state index in [1.165, 1.54) is 10.5 Å². The molecule has 0 unspecified atom stereocenters. The van der Waals surface area contributed by atoms with E-state index in [4.69, 9.17) is 10.8 Å². The van der Waals surface area contributed by atoms with E-state index >= 15 is 0 Å². The molecular weight excluding hydrogens is 194 g/mol. The molecule has 1 atom stereocenters. The van der Waals surface area contributed by atoms with Crippen LogP contribution in [0.15, 0.2) is 29.2 Å². The first-order chi connectivity index (χ1) is 6.75. The van der Waals surface area contributed by atoms with Crippen molar-refractivity contribution >= 4 is 11.8 Å². The topological polar surface area (TPSA) is 46.2 Å².